The van der Waals surface area contributed by atoms with Crippen molar-refractivity contribution in [3.8, 4) is 17.1 Å². The zero-order valence-electron chi connectivity index (χ0n) is 19.7. The van der Waals surface area contributed by atoms with Crippen molar-refractivity contribution in [2.75, 3.05) is 13.2 Å². The molecule has 10 heteroatoms. The first kappa shape index (κ1) is 24.3. The van der Waals surface area contributed by atoms with Crippen LogP contribution in [-0.2, 0) is 20.7 Å². The van der Waals surface area contributed by atoms with Crippen LogP contribution in [0.4, 0.5) is 4.39 Å². The molecule has 1 saturated heterocycles. The molecule has 0 bridgehead atoms. The van der Waals surface area contributed by atoms with E-state index >= 15 is 0 Å². The fourth-order valence-corrected chi connectivity index (χ4v) is 4.30. The van der Waals surface area contributed by atoms with Gasteiger partial charge in [0.15, 0.2) is 5.82 Å². The molecule has 0 saturated carbocycles. The van der Waals surface area contributed by atoms with Gasteiger partial charge in [0.05, 0.1) is 36.7 Å². The Morgan fingerprint density at radius 2 is 1.73 bits per heavy atom. The lowest BCUT2D eigenvalue weighted by molar-refractivity contribution is -0.189. The zero-order chi connectivity index (χ0) is 25.8. The minimum Gasteiger partial charge on any atom is -0.365 e. The van der Waals surface area contributed by atoms with Gasteiger partial charge in [0, 0.05) is 11.8 Å². The van der Waals surface area contributed by atoms with Crippen molar-refractivity contribution < 1.29 is 23.5 Å². The SMILES string of the molecule is NC(=O)C1(C(Cc2ccccc2)NC(=O)c2cc(F)cnc2-n2ccc(-c3ccccc3)n2)OCCO1. The predicted molar refractivity (Wildman–Crippen MR) is 132 cm³/mol. The van der Waals surface area contributed by atoms with E-state index in [1.165, 1.54) is 4.68 Å². The van der Waals surface area contributed by atoms with Crippen molar-refractivity contribution in [2.45, 2.75) is 18.2 Å². The highest BCUT2D eigenvalue weighted by molar-refractivity contribution is 5.98. The Bertz CT molecular complexity index is 1400. The lowest BCUT2D eigenvalue weighted by Gasteiger charge is -2.33. The molecule has 3 heterocycles. The van der Waals surface area contributed by atoms with Gasteiger partial charge in [-0.2, -0.15) is 5.10 Å². The molecule has 1 aliphatic heterocycles. The number of rotatable bonds is 8. The first-order valence-corrected chi connectivity index (χ1v) is 11.7. The first-order valence-electron chi connectivity index (χ1n) is 11.7. The van der Waals surface area contributed by atoms with Crippen LogP contribution in [0, 0.1) is 5.82 Å². The van der Waals surface area contributed by atoms with Crippen LogP contribution in [0.25, 0.3) is 17.1 Å². The monoisotopic (exact) mass is 501 g/mol. The molecule has 37 heavy (non-hydrogen) atoms. The lowest BCUT2D eigenvalue weighted by atomic mass is 9.97. The summed E-state index contributed by atoms with van der Waals surface area (Å²) in [4.78, 5) is 30.2. The number of aromatic nitrogens is 3. The predicted octanol–water partition coefficient (Wildman–Crippen LogP) is 2.64. The molecule has 9 nitrogen and oxygen atoms in total. The molecule has 2 amide bonds. The largest absolute Gasteiger partial charge is 0.365 e. The highest BCUT2D eigenvalue weighted by atomic mass is 19.1. The number of benzene rings is 2. The molecular formula is C27H24FN5O4. The normalized spacial score (nSPS) is 15.3. The molecule has 188 valence electrons. The lowest BCUT2D eigenvalue weighted by Crippen LogP contribution is -2.61. The van der Waals surface area contributed by atoms with Gasteiger partial charge in [-0.1, -0.05) is 60.7 Å². The van der Waals surface area contributed by atoms with E-state index in [9.17, 15) is 14.0 Å². The standard InChI is InChI=1S/C27H24FN5O4/c28-20-16-21(24(30-17-20)33-12-11-22(32-33)19-9-5-2-6-10-19)25(34)31-23(15-18-7-3-1-4-8-18)27(26(29)35)36-13-14-37-27/h1-12,16-17,23H,13-15H2,(H2,29,35)(H,31,34). The van der Waals surface area contributed by atoms with Gasteiger partial charge < -0.3 is 20.5 Å². The van der Waals surface area contributed by atoms with E-state index in [0.717, 1.165) is 23.4 Å². The fourth-order valence-electron chi connectivity index (χ4n) is 4.30. The number of halogens is 1. The van der Waals surface area contributed by atoms with Gasteiger partial charge in [0.25, 0.3) is 17.6 Å². The summed E-state index contributed by atoms with van der Waals surface area (Å²) < 4.78 is 27.0. The number of amides is 2. The number of ether oxygens (including phenoxy) is 2. The van der Waals surface area contributed by atoms with Crippen molar-refractivity contribution in [1.82, 2.24) is 20.1 Å². The third kappa shape index (κ3) is 4.97. The summed E-state index contributed by atoms with van der Waals surface area (Å²) in [5.41, 5.74) is 7.93. The van der Waals surface area contributed by atoms with Gasteiger partial charge in [0.1, 0.15) is 5.82 Å². The van der Waals surface area contributed by atoms with Crippen LogP contribution in [0.1, 0.15) is 15.9 Å². The minimum absolute atomic E-state index is 0.0848. The third-order valence-corrected chi connectivity index (χ3v) is 6.06. The van der Waals surface area contributed by atoms with Crippen molar-refractivity contribution in [2.24, 2.45) is 5.73 Å². The molecule has 3 N–H and O–H groups in total. The zero-order valence-corrected chi connectivity index (χ0v) is 19.7. The van der Waals surface area contributed by atoms with E-state index in [0.29, 0.717) is 5.69 Å². The Hall–Kier alpha value is -4.41. The second-order valence-corrected chi connectivity index (χ2v) is 8.48. The molecule has 0 radical (unpaired) electrons. The third-order valence-electron chi connectivity index (χ3n) is 6.06. The van der Waals surface area contributed by atoms with E-state index in [2.05, 4.69) is 15.4 Å². The second kappa shape index (κ2) is 10.3. The summed E-state index contributed by atoms with van der Waals surface area (Å²) in [6.45, 7) is 0.263. The van der Waals surface area contributed by atoms with Crippen molar-refractivity contribution in [3.63, 3.8) is 0 Å². The number of nitrogens with two attached hydrogens (primary N) is 1. The quantitative estimate of drug-likeness (QED) is 0.383. The average molecular weight is 502 g/mol. The van der Waals surface area contributed by atoms with Crippen LogP contribution >= 0.6 is 0 Å². The van der Waals surface area contributed by atoms with E-state index in [-0.39, 0.29) is 31.0 Å². The summed E-state index contributed by atoms with van der Waals surface area (Å²) in [5, 5.41) is 7.30. The van der Waals surface area contributed by atoms with E-state index in [4.69, 9.17) is 15.2 Å². The number of nitrogens with one attached hydrogen (secondary N) is 1. The highest BCUT2D eigenvalue weighted by Crippen LogP contribution is 2.27. The van der Waals surface area contributed by atoms with Gasteiger partial charge in [-0.05, 0) is 24.1 Å². The Morgan fingerprint density at radius 3 is 2.41 bits per heavy atom. The Balaban J connectivity index is 1.49. The Kier molecular flexibility index (Phi) is 6.76. The average Bonchev–Trinajstić information content (AvgIpc) is 3.61. The molecule has 2 aromatic heterocycles. The molecule has 1 unspecified atom stereocenters. The molecule has 1 atom stereocenters. The molecule has 0 aliphatic carbocycles. The fraction of sp³-hybridized carbons (Fsp3) is 0.185. The molecule has 2 aromatic carbocycles. The summed E-state index contributed by atoms with van der Waals surface area (Å²) >= 11 is 0. The van der Waals surface area contributed by atoms with E-state index in [1.54, 1.807) is 12.3 Å². The van der Waals surface area contributed by atoms with Gasteiger partial charge in [0.2, 0.25) is 0 Å². The van der Waals surface area contributed by atoms with Gasteiger partial charge in [-0.3, -0.25) is 9.59 Å². The number of carbonyl (C=O) groups is 2. The molecule has 1 aliphatic rings. The van der Waals surface area contributed by atoms with Crippen LogP contribution in [0.3, 0.4) is 0 Å². The van der Waals surface area contributed by atoms with Gasteiger partial charge in [-0.15, -0.1) is 0 Å². The van der Waals surface area contributed by atoms with Crippen LogP contribution in [0.2, 0.25) is 0 Å². The van der Waals surface area contributed by atoms with Crippen LogP contribution in [0.5, 0.6) is 0 Å². The molecule has 4 aromatic rings. The summed E-state index contributed by atoms with van der Waals surface area (Å²) in [7, 11) is 0. The van der Waals surface area contributed by atoms with Crippen LogP contribution < -0.4 is 11.1 Å². The van der Waals surface area contributed by atoms with Gasteiger partial charge in [-0.25, -0.2) is 14.1 Å². The Labute approximate surface area is 212 Å². The summed E-state index contributed by atoms with van der Waals surface area (Å²) in [6, 6.07) is 20.5. The maximum atomic E-state index is 14.3. The molecule has 5 rings (SSSR count). The van der Waals surface area contributed by atoms with Gasteiger partial charge >= 0.3 is 0 Å². The second-order valence-electron chi connectivity index (χ2n) is 8.48. The number of hydrogen-bond donors (Lipinski definition) is 2. The summed E-state index contributed by atoms with van der Waals surface area (Å²) in [6.07, 6.45) is 2.81. The van der Waals surface area contributed by atoms with Crippen molar-refractivity contribution in [3.05, 3.63) is 102 Å². The first-order chi connectivity index (χ1) is 18.0. The van der Waals surface area contributed by atoms with E-state index in [1.807, 2.05) is 60.7 Å². The molecule has 0 spiro atoms. The number of carbonyl (C=O) groups excluding carboxylic acids is 2. The molecular weight excluding hydrogens is 477 g/mol. The Morgan fingerprint density at radius 1 is 1.05 bits per heavy atom. The maximum Gasteiger partial charge on any atom is 0.280 e. The van der Waals surface area contributed by atoms with Crippen molar-refractivity contribution in [1.29, 1.82) is 0 Å². The van der Waals surface area contributed by atoms with Crippen LogP contribution in [0.15, 0.2) is 85.2 Å². The number of primary amides is 1. The number of nitrogens with zero attached hydrogens (tertiary/aromatic N) is 3. The van der Waals surface area contributed by atoms with Crippen LogP contribution in [-0.4, -0.2) is 51.6 Å². The molecule has 1 fully saturated rings. The number of hydrogen-bond acceptors (Lipinski definition) is 6. The topological polar surface area (TPSA) is 121 Å². The van der Waals surface area contributed by atoms with Crippen molar-refractivity contribution >= 4 is 11.8 Å². The minimum atomic E-state index is -1.88. The smallest absolute Gasteiger partial charge is 0.280 e. The maximum absolute atomic E-state index is 14.3. The highest BCUT2D eigenvalue weighted by Gasteiger charge is 2.51. The summed E-state index contributed by atoms with van der Waals surface area (Å²) in [5.74, 6) is -4.04. The number of pyridine rings is 1. The van der Waals surface area contributed by atoms with E-state index < -0.39 is 29.5 Å².